The van der Waals surface area contributed by atoms with Crippen molar-refractivity contribution < 1.29 is 9.15 Å². The van der Waals surface area contributed by atoms with Crippen molar-refractivity contribution in [2.24, 2.45) is 5.41 Å². The maximum atomic E-state index is 5.13. The molecule has 1 fully saturated rings. The zero-order valence-electron chi connectivity index (χ0n) is 9.29. The van der Waals surface area contributed by atoms with Crippen molar-refractivity contribution in [3.05, 3.63) is 24.2 Å². The summed E-state index contributed by atoms with van der Waals surface area (Å²) in [6, 6.07) is 2.00. The lowest BCUT2D eigenvalue weighted by Crippen LogP contribution is -2.24. The third-order valence-electron chi connectivity index (χ3n) is 3.20. The Morgan fingerprint density at radius 1 is 1.53 bits per heavy atom. The normalized spacial score (nSPS) is 17.9. The van der Waals surface area contributed by atoms with Gasteiger partial charge in [0, 0.05) is 32.4 Å². The first kappa shape index (κ1) is 10.7. The summed E-state index contributed by atoms with van der Waals surface area (Å²) in [5, 5.41) is 3.48. The molecule has 1 heterocycles. The molecule has 1 saturated carbocycles. The standard InChI is InChI=1S/C12H19NO2/c1-14-7-5-12(3-4-12)10-13-8-11-2-6-15-9-11/h2,6,9,13H,3-5,7-8,10H2,1H3. The van der Waals surface area contributed by atoms with Gasteiger partial charge in [0.05, 0.1) is 12.5 Å². The molecule has 2 rings (SSSR count). The largest absolute Gasteiger partial charge is 0.472 e. The number of hydrogen-bond donors (Lipinski definition) is 1. The van der Waals surface area contributed by atoms with Gasteiger partial charge in [-0.1, -0.05) is 0 Å². The van der Waals surface area contributed by atoms with Crippen molar-refractivity contribution in [1.29, 1.82) is 0 Å². The molecule has 0 spiro atoms. The van der Waals surface area contributed by atoms with Gasteiger partial charge in [0.25, 0.3) is 0 Å². The van der Waals surface area contributed by atoms with E-state index in [2.05, 4.69) is 5.32 Å². The minimum absolute atomic E-state index is 0.528. The maximum absolute atomic E-state index is 5.13. The smallest absolute Gasteiger partial charge is 0.0947 e. The first-order valence-electron chi connectivity index (χ1n) is 5.55. The van der Waals surface area contributed by atoms with Crippen molar-refractivity contribution in [2.75, 3.05) is 20.3 Å². The Hall–Kier alpha value is -0.800. The van der Waals surface area contributed by atoms with Crippen LogP contribution >= 0.6 is 0 Å². The molecule has 84 valence electrons. The van der Waals surface area contributed by atoms with Gasteiger partial charge in [0.15, 0.2) is 0 Å². The average Bonchev–Trinajstić information content (AvgIpc) is 2.81. The number of ether oxygens (including phenoxy) is 1. The lowest BCUT2D eigenvalue weighted by Gasteiger charge is -2.14. The topological polar surface area (TPSA) is 34.4 Å². The number of furan rings is 1. The van der Waals surface area contributed by atoms with E-state index >= 15 is 0 Å². The molecule has 1 aliphatic carbocycles. The molecule has 0 amide bonds. The first-order chi connectivity index (χ1) is 7.35. The highest BCUT2D eigenvalue weighted by atomic mass is 16.5. The Balaban J connectivity index is 1.65. The van der Waals surface area contributed by atoms with Gasteiger partial charge in [-0.05, 0) is 30.7 Å². The minimum atomic E-state index is 0.528. The molecule has 0 atom stereocenters. The van der Waals surface area contributed by atoms with Crippen LogP contribution in [0.3, 0.4) is 0 Å². The van der Waals surface area contributed by atoms with Crippen molar-refractivity contribution in [1.82, 2.24) is 5.32 Å². The molecule has 0 radical (unpaired) electrons. The van der Waals surface area contributed by atoms with E-state index in [9.17, 15) is 0 Å². The number of hydrogen-bond acceptors (Lipinski definition) is 3. The van der Waals surface area contributed by atoms with Crippen molar-refractivity contribution in [3.8, 4) is 0 Å². The monoisotopic (exact) mass is 209 g/mol. The second-order valence-electron chi connectivity index (χ2n) is 4.48. The molecule has 0 bridgehead atoms. The lowest BCUT2D eigenvalue weighted by atomic mass is 10.0. The van der Waals surface area contributed by atoms with Crippen LogP contribution < -0.4 is 5.32 Å². The Morgan fingerprint density at radius 2 is 2.40 bits per heavy atom. The summed E-state index contributed by atoms with van der Waals surface area (Å²) in [6.07, 6.45) is 7.38. The van der Waals surface area contributed by atoms with E-state index in [-0.39, 0.29) is 0 Å². The van der Waals surface area contributed by atoms with Gasteiger partial charge in [-0.2, -0.15) is 0 Å². The minimum Gasteiger partial charge on any atom is -0.472 e. The zero-order valence-corrected chi connectivity index (χ0v) is 9.29. The van der Waals surface area contributed by atoms with Gasteiger partial charge in [-0.25, -0.2) is 0 Å². The summed E-state index contributed by atoms with van der Waals surface area (Å²) in [5.41, 5.74) is 1.75. The molecule has 0 unspecified atom stereocenters. The van der Waals surface area contributed by atoms with Gasteiger partial charge in [-0.15, -0.1) is 0 Å². The quantitative estimate of drug-likeness (QED) is 0.747. The molecule has 1 aromatic rings. The summed E-state index contributed by atoms with van der Waals surface area (Å²) >= 11 is 0. The van der Waals surface area contributed by atoms with E-state index in [0.29, 0.717) is 5.41 Å². The molecule has 1 aliphatic rings. The van der Waals surface area contributed by atoms with Gasteiger partial charge < -0.3 is 14.5 Å². The summed E-state index contributed by atoms with van der Waals surface area (Å²) in [6.45, 7) is 2.89. The van der Waals surface area contributed by atoms with Crippen LogP contribution in [0.25, 0.3) is 0 Å². The summed E-state index contributed by atoms with van der Waals surface area (Å²) in [5.74, 6) is 0. The van der Waals surface area contributed by atoms with Crippen LogP contribution in [0, 0.1) is 5.41 Å². The predicted molar refractivity (Wildman–Crippen MR) is 58.6 cm³/mol. The second kappa shape index (κ2) is 4.81. The summed E-state index contributed by atoms with van der Waals surface area (Å²) < 4.78 is 10.1. The highest BCUT2D eigenvalue weighted by Gasteiger charge is 2.41. The van der Waals surface area contributed by atoms with Crippen LogP contribution in [0.2, 0.25) is 0 Å². The third-order valence-corrected chi connectivity index (χ3v) is 3.20. The van der Waals surface area contributed by atoms with Crippen LogP contribution in [0.5, 0.6) is 0 Å². The van der Waals surface area contributed by atoms with E-state index in [1.54, 1.807) is 19.6 Å². The molecular weight excluding hydrogens is 190 g/mol. The third kappa shape index (κ3) is 3.08. The van der Waals surface area contributed by atoms with Crippen molar-refractivity contribution in [3.63, 3.8) is 0 Å². The molecule has 15 heavy (non-hydrogen) atoms. The molecule has 1 aromatic heterocycles. The lowest BCUT2D eigenvalue weighted by molar-refractivity contribution is 0.171. The molecule has 3 heteroatoms. The molecule has 0 aromatic carbocycles. The Kier molecular flexibility index (Phi) is 3.44. The van der Waals surface area contributed by atoms with Crippen LogP contribution in [-0.4, -0.2) is 20.3 Å². The van der Waals surface area contributed by atoms with Gasteiger partial charge in [0.2, 0.25) is 0 Å². The highest BCUT2D eigenvalue weighted by Crippen LogP contribution is 2.48. The van der Waals surface area contributed by atoms with Crippen LogP contribution in [0.4, 0.5) is 0 Å². The fourth-order valence-corrected chi connectivity index (χ4v) is 1.88. The predicted octanol–water partition coefficient (Wildman–Crippen LogP) is 2.19. The van der Waals surface area contributed by atoms with Gasteiger partial charge >= 0.3 is 0 Å². The molecular formula is C12H19NO2. The maximum Gasteiger partial charge on any atom is 0.0947 e. The Labute approximate surface area is 90.8 Å². The first-order valence-corrected chi connectivity index (χ1v) is 5.55. The highest BCUT2D eigenvalue weighted by molar-refractivity contribution is 5.05. The fraction of sp³-hybridized carbons (Fsp3) is 0.667. The summed E-state index contributed by atoms with van der Waals surface area (Å²) in [4.78, 5) is 0. The van der Waals surface area contributed by atoms with E-state index in [1.165, 1.54) is 24.8 Å². The Morgan fingerprint density at radius 3 is 3.00 bits per heavy atom. The number of rotatable bonds is 7. The van der Waals surface area contributed by atoms with Gasteiger partial charge in [0.1, 0.15) is 0 Å². The van der Waals surface area contributed by atoms with E-state index in [0.717, 1.165) is 19.7 Å². The number of methoxy groups -OCH3 is 1. The molecule has 1 N–H and O–H groups in total. The zero-order chi connectivity index (χ0) is 10.6. The fourth-order valence-electron chi connectivity index (χ4n) is 1.88. The van der Waals surface area contributed by atoms with E-state index < -0.39 is 0 Å². The average molecular weight is 209 g/mol. The second-order valence-corrected chi connectivity index (χ2v) is 4.48. The molecule has 0 saturated heterocycles. The summed E-state index contributed by atoms with van der Waals surface area (Å²) in [7, 11) is 1.77. The van der Waals surface area contributed by atoms with E-state index in [4.69, 9.17) is 9.15 Å². The molecule has 3 nitrogen and oxygen atoms in total. The van der Waals surface area contributed by atoms with Crippen LogP contribution in [-0.2, 0) is 11.3 Å². The van der Waals surface area contributed by atoms with Crippen LogP contribution in [0.1, 0.15) is 24.8 Å². The van der Waals surface area contributed by atoms with E-state index in [1.807, 2.05) is 6.07 Å². The van der Waals surface area contributed by atoms with Crippen LogP contribution in [0.15, 0.2) is 23.0 Å². The SMILES string of the molecule is COCCC1(CNCc2ccoc2)CC1. The van der Waals surface area contributed by atoms with Crippen molar-refractivity contribution >= 4 is 0 Å². The van der Waals surface area contributed by atoms with Gasteiger partial charge in [-0.3, -0.25) is 0 Å². The Bertz CT molecular complexity index is 278. The number of nitrogens with one attached hydrogen (secondary N) is 1. The van der Waals surface area contributed by atoms with Crippen molar-refractivity contribution in [2.45, 2.75) is 25.8 Å². The molecule has 0 aliphatic heterocycles.